The van der Waals surface area contributed by atoms with Crippen LogP contribution in [0.3, 0.4) is 0 Å². The first kappa shape index (κ1) is 17.4. The largest absolute Gasteiger partial charge is 0.461 e. The number of nitrogens with one attached hydrogen (secondary N) is 1. The normalized spacial score (nSPS) is 17.6. The maximum absolute atomic E-state index is 13.1. The summed E-state index contributed by atoms with van der Waals surface area (Å²) in [6.07, 6.45) is 2.97. The Morgan fingerprint density at radius 1 is 1.12 bits per heavy atom. The Kier molecular flexibility index (Phi) is 5.34. The van der Waals surface area contributed by atoms with E-state index in [4.69, 9.17) is 9.15 Å². The van der Waals surface area contributed by atoms with Crippen LogP contribution in [0.15, 0.2) is 53.1 Å². The van der Waals surface area contributed by atoms with Crippen molar-refractivity contribution in [1.29, 1.82) is 0 Å². The molecule has 2 aromatic rings. The van der Waals surface area contributed by atoms with Crippen molar-refractivity contribution in [3.05, 3.63) is 60.1 Å². The highest BCUT2D eigenvalue weighted by Crippen LogP contribution is 2.35. The van der Waals surface area contributed by atoms with Gasteiger partial charge in [0.25, 0.3) is 0 Å². The van der Waals surface area contributed by atoms with E-state index >= 15 is 0 Å². The van der Waals surface area contributed by atoms with Gasteiger partial charge in [-0.25, -0.2) is 0 Å². The van der Waals surface area contributed by atoms with Crippen molar-refractivity contribution < 1.29 is 18.7 Å². The molecule has 25 heavy (non-hydrogen) atoms. The summed E-state index contributed by atoms with van der Waals surface area (Å²) >= 11 is 0. The summed E-state index contributed by atoms with van der Waals surface area (Å²) in [6, 6.07) is 12.9. The standard InChI is InChI=1S/C20H23NO4/c1-15(14-17(22)18-8-5-11-25-18)21-19(23)20(9-12-24-13-10-20)16-6-3-2-4-7-16/h2-8,11,15H,9-10,12-14H2,1H3,(H,21,23). The number of amides is 1. The second-order valence-corrected chi connectivity index (χ2v) is 6.54. The molecule has 0 spiro atoms. The van der Waals surface area contributed by atoms with Crippen LogP contribution in [0.4, 0.5) is 0 Å². The molecule has 0 bridgehead atoms. The summed E-state index contributed by atoms with van der Waals surface area (Å²) in [4.78, 5) is 25.3. The van der Waals surface area contributed by atoms with Gasteiger partial charge in [0.05, 0.1) is 11.7 Å². The highest BCUT2D eigenvalue weighted by Gasteiger charge is 2.42. The van der Waals surface area contributed by atoms with E-state index in [1.165, 1.54) is 6.26 Å². The van der Waals surface area contributed by atoms with Crippen LogP contribution >= 0.6 is 0 Å². The van der Waals surface area contributed by atoms with E-state index in [1.807, 2.05) is 37.3 Å². The van der Waals surface area contributed by atoms with Gasteiger partial charge in [0.1, 0.15) is 0 Å². The first-order valence-electron chi connectivity index (χ1n) is 8.63. The van der Waals surface area contributed by atoms with E-state index in [2.05, 4.69) is 5.32 Å². The first-order chi connectivity index (χ1) is 12.1. The lowest BCUT2D eigenvalue weighted by atomic mass is 9.73. The molecule has 0 radical (unpaired) electrons. The molecule has 1 N–H and O–H groups in total. The Labute approximate surface area is 147 Å². The van der Waals surface area contributed by atoms with Crippen LogP contribution in [0.1, 0.15) is 42.3 Å². The van der Waals surface area contributed by atoms with Crippen LogP contribution in [0.2, 0.25) is 0 Å². The molecule has 1 amide bonds. The zero-order valence-corrected chi connectivity index (χ0v) is 14.4. The number of ketones is 1. The Hall–Kier alpha value is -2.40. The van der Waals surface area contributed by atoms with Gasteiger partial charge >= 0.3 is 0 Å². The van der Waals surface area contributed by atoms with Crippen LogP contribution in [-0.2, 0) is 14.9 Å². The number of rotatable bonds is 6. The van der Waals surface area contributed by atoms with Crippen LogP contribution in [0, 0.1) is 0 Å². The molecule has 2 heterocycles. The number of furan rings is 1. The smallest absolute Gasteiger partial charge is 0.231 e. The molecular formula is C20H23NO4. The van der Waals surface area contributed by atoms with E-state index in [1.54, 1.807) is 12.1 Å². The van der Waals surface area contributed by atoms with Crippen molar-refractivity contribution in [2.24, 2.45) is 0 Å². The number of carbonyl (C=O) groups is 2. The van der Waals surface area contributed by atoms with Crippen LogP contribution < -0.4 is 5.32 Å². The van der Waals surface area contributed by atoms with Crippen molar-refractivity contribution in [3.8, 4) is 0 Å². The number of carbonyl (C=O) groups excluding carboxylic acids is 2. The summed E-state index contributed by atoms with van der Waals surface area (Å²) in [5, 5.41) is 3.02. The summed E-state index contributed by atoms with van der Waals surface area (Å²) in [5.74, 6) is 0.172. The van der Waals surface area contributed by atoms with Gasteiger partial charge in [0, 0.05) is 25.7 Å². The van der Waals surface area contributed by atoms with E-state index in [0.29, 0.717) is 31.8 Å². The molecule has 0 aliphatic carbocycles. The number of ether oxygens (including phenoxy) is 1. The molecule has 5 heteroatoms. The van der Waals surface area contributed by atoms with Gasteiger partial charge in [-0.3, -0.25) is 9.59 Å². The fourth-order valence-corrected chi connectivity index (χ4v) is 3.35. The average molecular weight is 341 g/mol. The summed E-state index contributed by atoms with van der Waals surface area (Å²) in [5.41, 5.74) is 0.405. The highest BCUT2D eigenvalue weighted by atomic mass is 16.5. The second-order valence-electron chi connectivity index (χ2n) is 6.54. The molecule has 1 atom stereocenters. The molecule has 132 valence electrons. The van der Waals surface area contributed by atoms with Crippen molar-refractivity contribution in [2.75, 3.05) is 13.2 Å². The van der Waals surface area contributed by atoms with Crippen LogP contribution in [-0.4, -0.2) is 30.9 Å². The number of hydrogen-bond donors (Lipinski definition) is 1. The lowest BCUT2D eigenvalue weighted by molar-refractivity contribution is -0.131. The average Bonchev–Trinajstić information content (AvgIpc) is 3.17. The van der Waals surface area contributed by atoms with Gasteiger partial charge in [-0.15, -0.1) is 0 Å². The third-order valence-corrected chi connectivity index (χ3v) is 4.77. The zero-order chi connectivity index (χ0) is 17.7. The monoisotopic (exact) mass is 341 g/mol. The Bertz CT molecular complexity index is 703. The predicted octanol–water partition coefficient (Wildman–Crippen LogP) is 3.11. The van der Waals surface area contributed by atoms with E-state index < -0.39 is 5.41 Å². The van der Waals surface area contributed by atoms with Gasteiger partial charge < -0.3 is 14.5 Å². The summed E-state index contributed by atoms with van der Waals surface area (Å²) in [6.45, 7) is 2.96. The molecule has 1 saturated heterocycles. The molecule has 1 aliphatic heterocycles. The highest BCUT2D eigenvalue weighted by molar-refractivity contribution is 5.94. The van der Waals surface area contributed by atoms with Gasteiger partial charge in [0.2, 0.25) is 5.91 Å². The minimum Gasteiger partial charge on any atom is -0.461 e. The molecule has 3 rings (SSSR count). The number of benzene rings is 1. The van der Waals surface area contributed by atoms with Crippen molar-refractivity contribution in [2.45, 2.75) is 37.6 Å². The first-order valence-corrected chi connectivity index (χ1v) is 8.63. The molecular weight excluding hydrogens is 318 g/mol. The minimum absolute atomic E-state index is 0.0401. The van der Waals surface area contributed by atoms with Gasteiger partial charge in [-0.1, -0.05) is 30.3 Å². The van der Waals surface area contributed by atoms with Crippen molar-refractivity contribution in [3.63, 3.8) is 0 Å². The number of Topliss-reactive ketones (excluding diaryl/α,β-unsaturated/α-hetero) is 1. The molecule has 1 fully saturated rings. The van der Waals surface area contributed by atoms with Gasteiger partial charge in [-0.05, 0) is 37.5 Å². The van der Waals surface area contributed by atoms with E-state index in [0.717, 1.165) is 5.56 Å². The second kappa shape index (κ2) is 7.66. The van der Waals surface area contributed by atoms with Crippen LogP contribution in [0.5, 0.6) is 0 Å². The van der Waals surface area contributed by atoms with Gasteiger partial charge in [0.15, 0.2) is 11.5 Å². The Morgan fingerprint density at radius 2 is 1.84 bits per heavy atom. The quantitative estimate of drug-likeness (QED) is 0.820. The molecule has 1 aliphatic rings. The lowest BCUT2D eigenvalue weighted by Crippen LogP contribution is -2.50. The predicted molar refractivity (Wildman–Crippen MR) is 93.4 cm³/mol. The maximum atomic E-state index is 13.1. The topological polar surface area (TPSA) is 68.5 Å². The SMILES string of the molecule is CC(CC(=O)c1ccco1)NC(=O)C1(c2ccccc2)CCOCC1. The third kappa shape index (κ3) is 3.82. The van der Waals surface area contributed by atoms with Crippen LogP contribution in [0.25, 0.3) is 0 Å². The molecule has 1 aromatic carbocycles. The third-order valence-electron chi connectivity index (χ3n) is 4.77. The lowest BCUT2D eigenvalue weighted by Gasteiger charge is -2.37. The Morgan fingerprint density at radius 3 is 2.48 bits per heavy atom. The molecule has 0 saturated carbocycles. The molecule has 1 unspecified atom stereocenters. The van der Waals surface area contributed by atoms with E-state index in [9.17, 15) is 9.59 Å². The molecule has 5 nitrogen and oxygen atoms in total. The fraction of sp³-hybridized carbons (Fsp3) is 0.400. The zero-order valence-electron chi connectivity index (χ0n) is 14.4. The van der Waals surface area contributed by atoms with E-state index in [-0.39, 0.29) is 24.2 Å². The van der Waals surface area contributed by atoms with Gasteiger partial charge in [-0.2, -0.15) is 0 Å². The fourth-order valence-electron chi connectivity index (χ4n) is 3.35. The summed E-state index contributed by atoms with van der Waals surface area (Å²) in [7, 11) is 0. The van der Waals surface area contributed by atoms with Crippen molar-refractivity contribution >= 4 is 11.7 Å². The minimum atomic E-state index is -0.596. The number of hydrogen-bond acceptors (Lipinski definition) is 4. The maximum Gasteiger partial charge on any atom is 0.231 e. The summed E-state index contributed by atoms with van der Waals surface area (Å²) < 4.78 is 10.6. The Balaban J connectivity index is 1.71. The van der Waals surface area contributed by atoms with Crippen molar-refractivity contribution in [1.82, 2.24) is 5.32 Å². The molecule has 1 aromatic heterocycles.